The zero-order valence-electron chi connectivity index (χ0n) is 15.1. The molecule has 0 unspecified atom stereocenters. The fourth-order valence-corrected chi connectivity index (χ4v) is 4.43. The van der Waals surface area contributed by atoms with E-state index in [1.807, 2.05) is 19.9 Å². The number of ether oxygens (including phenoxy) is 1. The number of ketones is 1. The molecule has 1 heterocycles. The van der Waals surface area contributed by atoms with Crippen molar-refractivity contribution in [1.29, 1.82) is 0 Å². The standard InChI is InChI=1S/C20H30O3/c1-13-7-6-11-19(4)17(23-19)16(21)15-9-8-14(2)18(3,12-10-13)20(15,5)22/h7,9,14,17,22H,6,8,10-12H2,1-5H3/b13-7-/t14-,17-,18+,19+,20-/m1/s1. The number of hydrogen-bond donors (Lipinski definition) is 1. The average Bonchev–Trinajstić information content (AvgIpc) is 3.14. The molecule has 1 fully saturated rings. The van der Waals surface area contributed by atoms with Gasteiger partial charge in [-0.2, -0.15) is 0 Å². The summed E-state index contributed by atoms with van der Waals surface area (Å²) in [6.07, 6.45) is 8.39. The summed E-state index contributed by atoms with van der Waals surface area (Å²) >= 11 is 0. The lowest BCUT2D eigenvalue weighted by Crippen LogP contribution is -2.54. The second-order valence-corrected chi connectivity index (χ2v) is 8.51. The average molecular weight is 318 g/mol. The largest absolute Gasteiger partial charge is 0.385 e. The summed E-state index contributed by atoms with van der Waals surface area (Å²) in [5.41, 5.74) is 0.191. The highest BCUT2D eigenvalue weighted by Crippen LogP contribution is 2.54. The van der Waals surface area contributed by atoms with Crippen LogP contribution in [0.5, 0.6) is 0 Å². The van der Waals surface area contributed by atoms with E-state index >= 15 is 0 Å². The maximum absolute atomic E-state index is 13.0. The molecule has 0 spiro atoms. The zero-order valence-corrected chi connectivity index (χ0v) is 15.1. The number of Topliss-reactive ketones (excluding diaryl/α,β-unsaturated/α-hetero) is 1. The number of aliphatic hydroxyl groups is 1. The summed E-state index contributed by atoms with van der Waals surface area (Å²) in [6, 6.07) is 0. The molecule has 128 valence electrons. The number of epoxide rings is 1. The van der Waals surface area contributed by atoms with Gasteiger partial charge >= 0.3 is 0 Å². The van der Waals surface area contributed by atoms with Gasteiger partial charge < -0.3 is 9.84 Å². The van der Waals surface area contributed by atoms with Crippen LogP contribution < -0.4 is 0 Å². The Balaban J connectivity index is 2.04. The first-order chi connectivity index (χ1) is 10.6. The van der Waals surface area contributed by atoms with Crippen LogP contribution in [0.4, 0.5) is 0 Å². The molecule has 1 saturated heterocycles. The van der Waals surface area contributed by atoms with E-state index in [4.69, 9.17) is 4.74 Å². The molecule has 3 rings (SSSR count). The van der Waals surface area contributed by atoms with Gasteiger partial charge in [-0.1, -0.05) is 31.6 Å². The number of carbonyl (C=O) groups excluding carboxylic acids is 1. The second kappa shape index (κ2) is 5.29. The van der Waals surface area contributed by atoms with E-state index in [2.05, 4.69) is 26.8 Å². The molecular weight excluding hydrogens is 288 g/mol. The van der Waals surface area contributed by atoms with Crippen LogP contribution in [0, 0.1) is 11.3 Å². The van der Waals surface area contributed by atoms with Gasteiger partial charge in [0.2, 0.25) is 0 Å². The Bertz CT molecular complexity index is 586. The van der Waals surface area contributed by atoms with Gasteiger partial charge in [0, 0.05) is 11.0 Å². The molecule has 0 saturated carbocycles. The normalized spacial score (nSPS) is 49.9. The summed E-state index contributed by atoms with van der Waals surface area (Å²) in [7, 11) is 0. The number of allylic oxidation sites excluding steroid dienone is 3. The van der Waals surface area contributed by atoms with Crippen molar-refractivity contribution in [1.82, 2.24) is 0 Å². The number of fused-ring (bicyclic) bond motifs is 3. The van der Waals surface area contributed by atoms with Gasteiger partial charge in [0.05, 0.1) is 5.60 Å². The lowest BCUT2D eigenvalue weighted by molar-refractivity contribution is -0.125. The maximum Gasteiger partial charge on any atom is 0.193 e. The highest BCUT2D eigenvalue weighted by Gasteiger charge is 2.61. The summed E-state index contributed by atoms with van der Waals surface area (Å²) in [5, 5.41) is 11.4. The van der Waals surface area contributed by atoms with Crippen molar-refractivity contribution in [3.8, 4) is 0 Å². The number of carbonyl (C=O) groups is 1. The summed E-state index contributed by atoms with van der Waals surface area (Å²) in [6.45, 7) is 10.4. The molecule has 3 heteroatoms. The third-order valence-electron chi connectivity index (χ3n) is 6.96. The smallest absolute Gasteiger partial charge is 0.193 e. The monoisotopic (exact) mass is 318 g/mol. The molecule has 0 radical (unpaired) electrons. The lowest BCUT2D eigenvalue weighted by atomic mass is 9.56. The van der Waals surface area contributed by atoms with Gasteiger partial charge in [0.25, 0.3) is 0 Å². The Kier molecular flexibility index (Phi) is 3.89. The Morgan fingerprint density at radius 1 is 1.22 bits per heavy atom. The van der Waals surface area contributed by atoms with Gasteiger partial charge in [-0.3, -0.25) is 4.79 Å². The second-order valence-electron chi connectivity index (χ2n) is 8.51. The lowest BCUT2D eigenvalue weighted by Gasteiger charge is -2.51. The van der Waals surface area contributed by atoms with Crippen molar-refractivity contribution < 1.29 is 14.6 Å². The molecule has 0 amide bonds. The highest BCUT2D eigenvalue weighted by molar-refractivity contribution is 6.03. The van der Waals surface area contributed by atoms with E-state index < -0.39 is 5.60 Å². The molecule has 1 aliphatic heterocycles. The van der Waals surface area contributed by atoms with E-state index in [-0.39, 0.29) is 22.9 Å². The maximum atomic E-state index is 13.0. The van der Waals surface area contributed by atoms with Crippen LogP contribution in [0.25, 0.3) is 0 Å². The van der Waals surface area contributed by atoms with Crippen molar-refractivity contribution in [2.45, 2.75) is 84.0 Å². The minimum atomic E-state index is -1.10. The first-order valence-corrected chi connectivity index (χ1v) is 8.92. The van der Waals surface area contributed by atoms with Crippen LogP contribution in [-0.4, -0.2) is 28.2 Å². The van der Waals surface area contributed by atoms with Crippen molar-refractivity contribution >= 4 is 5.78 Å². The van der Waals surface area contributed by atoms with Gasteiger partial charge in [-0.15, -0.1) is 0 Å². The summed E-state index contributed by atoms with van der Waals surface area (Å²) in [5.74, 6) is 0.341. The third kappa shape index (κ3) is 2.53. The fraction of sp³-hybridized carbons (Fsp3) is 0.750. The molecule has 5 atom stereocenters. The van der Waals surface area contributed by atoms with Crippen LogP contribution in [0.15, 0.2) is 23.3 Å². The number of rotatable bonds is 0. The first kappa shape index (κ1) is 16.9. The molecule has 0 aromatic heterocycles. The fourth-order valence-electron chi connectivity index (χ4n) is 4.43. The topological polar surface area (TPSA) is 49.8 Å². The molecule has 3 aliphatic rings. The van der Waals surface area contributed by atoms with Crippen molar-refractivity contribution in [2.75, 3.05) is 0 Å². The Morgan fingerprint density at radius 3 is 2.61 bits per heavy atom. The third-order valence-corrected chi connectivity index (χ3v) is 6.96. The van der Waals surface area contributed by atoms with Crippen LogP contribution in [-0.2, 0) is 9.53 Å². The molecule has 1 N–H and O–H groups in total. The van der Waals surface area contributed by atoms with Crippen molar-refractivity contribution in [3.63, 3.8) is 0 Å². The van der Waals surface area contributed by atoms with Gasteiger partial charge in [0.15, 0.2) is 5.78 Å². The Morgan fingerprint density at radius 2 is 1.91 bits per heavy atom. The van der Waals surface area contributed by atoms with Crippen LogP contribution in [0.3, 0.4) is 0 Å². The molecule has 23 heavy (non-hydrogen) atoms. The predicted molar refractivity (Wildman–Crippen MR) is 91.1 cm³/mol. The molecule has 3 nitrogen and oxygen atoms in total. The van der Waals surface area contributed by atoms with Gasteiger partial charge in [-0.25, -0.2) is 0 Å². The highest BCUT2D eigenvalue weighted by atomic mass is 16.6. The molecular formula is C20H30O3. The quantitative estimate of drug-likeness (QED) is 0.543. The molecule has 2 aliphatic carbocycles. The van der Waals surface area contributed by atoms with Crippen LogP contribution in [0.2, 0.25) is 0 Å². The van der Waals surface area contributed by atoms with Crippen molar-refractivity contribution in [3.05, 3.63) is 23.3 Å². The van der Waals surface area contributed by atoms with E-state index in [9.17, 15) is 9.90 Å². The molecule has 0 aromatic carbocycles. The minimum absolute atomic E-state index is 0.00287. The van der Waals surface area contributed by atoms with Crippen LogP contribution >= 0.6 is 0 Å². The SMILES string of the molecule is C/C1=C/CC[C@]2(C)O[C@@H]2C(=O)C2=CC[C@@H](C)[C@](C)(CC1)[C@]2(C)O. The van der Waals surface area contributed by atoms with E-state index in [0.29, 0.717) is 11.5 Å². The first-order valence-electron chi connectivity index (χ1n) is 8.92. The number of hydrogen-bond acceptors (Lipinski definition) is 3. The molecule has 0 aromatic rings. The Hall–Kier alpha value is -0.930. The van der Waals surface area contributed by atoms with Gasteiger partial charge in [-0.05, 0) is 58.8 Å². The minimum Gasteiger partial charge on any atom is -0.385 e. The van der Waals surface area contributed by atoms with E-state index in [1.54, 1.807) is 0 Å². The summed E-state index contributed by atoms with van der Waals surface area (Å²) in [4.78, 5) is 13.0. The summed E-state index contributed by atoms with van der Waals surface area (Å²) < 4.78 is 5.78. The van der Waals surface area contributed by atoms with E-state index in [0.717, 1.165) is 32.1 Å². The van der Waals surface area contributed by atoms with Gasteiger partial charge in [0.1, 0.15) is 11.7 Å². The van der Waals surface area contributed by atoms with Crippen LogP contribution in [0.1, 0.15) is 66.7 Å². The molecule has 2 bridgehead atoms. The zero-order chi connectivity index (χ0) is 17.0. The predicted octanol–water partition coefficient (Wildman–Crippen LogP) is 3.96. The Labute approximate surface area is 139 Å². The van der Waals surface area contributed by atoms with E-state index in [1.165, 1.54) is 5.57 Å². The van der Waals surface area contributed by atoms with Crippen molar-refractivity contribution in [2.24, 2.45) is 11.3 Å².